The largest absolute Gasteiger partial charge is 0.497 e. The van der Waals surface area contributed by atoms with Gasteiger partial charge in [-0.05, 0) is 29.7 Å². The van der Waals surface area contributed by atoms with Crippen molar-refractivity contribution in [3.63, 3.8) is 0 Å². The Hall–Kier alpha value is -2.39. The van der Waals surface area contributed by atoms with Gasteiger partial charge < -0.3 is 15.2 Å². The van der Waals surface area contributed by atoms with Gasteiger partial charge in [-0.25, -0.2) is 4.79 Å². The van der Waals surface area contributed by atoms with Crippen LogP contribution in [0.3, 0.4) is 0 Å². The molecule has 0 radical (unpaired) electrons. The number of hydrogen-bond acceptors (Lipinski definition) is 6. The number of aliphatic carboxylic acids is 1. The lowest BCUT2D eigenvalue weighted by Crippen LogP contribution is -2.46. The molecule has 2 amide bonds. The molecule has 2 N–H and O–H groups in total. The molecule has 0 bridgehead atoms. The molecule has 0 spiro atoms. The number of carbonyl (C=O) groups excluding carboxylic acids is 2. The molecule has 1 aliphatic heterocycles. The van der Waals surface area contributed by atoms with E-state index in [0.29, 0.717) is 15.6 Å². The first-order valence-electron chi connectivity index (χ1n) is 9.18. The number of thiocarbonyl (C=S) groups is 1. The Morgan fingerprint density at radius 3 is 2.55 bits per heavy atom. The van der Waals surface area contributed by atoms with Crippen LogP contribution in [0.1, 0.15) is 32.3 Å². The predicted octanol–water partition coefficient (Wildman–Crippen LogP) is 2.90. The first-order chi connectivity index (χ1) is 13.8. The summed E-state index contributed by atoms with van der Waals surface area (Å²) in [5, 5.41) is 11.8. The van der Waals surface area contributed by atoms with Gasteiger partial charge in [0.2, 0.25) is 5.91 Å². The maximum absolute atomic E-state index is 12.6. The Balaban J connectivity index is 1.98. The first-order valence-corrected chi connectivity index (χ1v) is 10.4. The van der Waals surface area contributed by atoms with Crippen LogP contribution in [0.25, 0.3) is 6.08 Å². The number of carbonyl (C=O) groups is 3. The van der Waals surface area contributed by atoms with Crippen molar-refractivity contribution in [3.05, 3.63) is 34.7 Å². The van der Waals surface area contributed by atoms with Gasteiger partial charge in [0.25, 0.3) is 5.91 Å². The summed E-state index contributed by atoms with van der Waals surface area (Å²) in [6.45, 7) is 3.73. The number of thioether (sulfide) groups is 1. The summed E-state index contributed by atoms with van der Waals surface area (Å²) in [4.78, 5) is 38.0. The zero-order valence-corrected chi connectivity index (χ0v) is 18.1. The van der Waals surface area contributed by atoms with Crippen LogP contribution in [0.2, 0.25) is 0 Å². The van der Waals surface area contributed by atoms with Gasteiger partial charge in [0.05, 0.1) is 12.0 Å². The lowest BCUT2D eigenvalue weighted by molar-refractivity contribution is -0.143. The maximum atomic E-state index is 12.6. The maximum Gasteiger partial charge on any atom is 0.326 e. The molecule has 1 saturated heterocycles. The van der Waals surface area contributed by atoms with Crippen molar-refractivity contribution in [1.29, 1.82) is 0 Å². The Morgan fingerprint density at radius 2 is 2.00 bits per heavy atom. The molecule has 2 atom stereocenters. The molecule has 1 aromatic carbocycles. The number of carboxylic acid groups (broad SMARTS) is 1. The molecule has 1 heterocycles. The second kappa shape index (κ2) is 10.4. The standard InChI is InChI=1S/C20H24N2O5S2/c1-4-12(2)17(19(25)26)21-16(23)9-10-22-18(24)15(29-20(22)28)11-13-5-7-14(27-3)8-6-13/h5-8,11-12,17H,4,9-10H2,1-3H3,(H,21,23)(H,25,26)/b15-11-. The molecule has 2 rings (SSSR count). The van der Waals surface area contributed by atoms with E-state index in [1.807, 2.05) is 19.1 Å². The molecule has 1 fully saturated rings. The van der Waals surface area contributed by atoms with Crippen molar-refractivity contribution in [2.75, 3.05) is 13.7 Å². The number of amides is 2. The third-order valence-corrected chi connectivity index (χ3v) is 6.02. The number of carboxylic acids is 1. The minimum Gasteiger partial charge on any atom is -0.497 e. The first kappa shape index (κ1) is 22.9. The van der Waals surface area contributed by atoms with Crippen LogP contribution in [-0.2, 0) is 14.4 Å². The van der Waals surface area contributed by atoms with Crippen molar-refractivity contribution in [1.82, 2.24) is 10.2 Å². The molecule has 9 heteroatoms. The number of ether oxygens (including phenoxy) is 1. The molecule has 0 saturated carbocycles. The van der Waals surface area contributed by atoms with E-state index in [2.05, 4.69) is 5.32 Å². The van der Waals surface area contributed by atoms with Gasteiger partial charge in [-0.2, -0.15) is 0 Å². The summed E-state index contributed by atoms with van der Waals surface area (Å²) in [6.07, 6.45) is 2.34. The van der Waals surface area contributed by atoms with E-state index in [1.165, 1.54) is 16.7 Å². The summed E-state index contributed by atoms with van der Waals surface area (Å²) in [5.41, 5.74) is 0.835. The van der Waals surface area contributed by atoms with Gasteiger partial charge in [-0.3, -0.25) is 14.5 Å². The summed E-state index contributed by atoms with van der Waals surface area (Å²) >= 11 is 6.45. The third kappa shape index (κ3) is 6.04. The topological polar surface area (TPSA) is 95.9 Å². The van der Waals surface area contributed by atoms with Crippen molar-refractivity contribution >= 4 is 52.2 Å². The van der Waals surface area contributed by atoms with Crippen LogP contribution in [0.4, 0.5) is 0 Å². The second-order valence-corrected chi connectivity index (χ2v) is 8.30. The fourth-order valence-electron chi connectivity index (χ4n) is 2.69. The van der Waals surface area contributed by atoms with Crippen LogP contribution in [0, 0.1) is 5.92 Å². The smallest absolute Gasteiger partial charge is 0.326 e. The molecule has 29 heavy (non-hydrogen) atoms. The SMILES string of the molecule is CCC(C)C(NC(=O)CCN1C(=O)/C(=C/c2ccc(OC)cc2)SC1=S)C(=O)O. The highest BCUT2D eigenvalue weighted by Gasteiger charge is 2.32. The second-order valence-electron chi connectivity index (χ2n) is 6.63. The monoisotopic (exact) mass is 436 g/mol. The zero-order valence-electron chi connectivity index (χ0n) is 16.5. The Bertz CT molecular complexity index is 823. The summed E-state index contributed by atoms with van der Waals surface area (Å²) in [5.74, 6) is -1.23. The zero-order chi connectivity index (χ0) is 21.6. The van der Waals surface area contributed by atoms with Gasteiger partial charge in [-0.1, -0.05) is 56.4 Å². The highest BCUT2D eigenvalue weighted by atomic mass is 32.2. The summed E-state index contributed by atoms with van der Waals surface area (Å²) in [7, 11) is 1.58. The lowest BCUT2D eigenvalue weighted by Gasteiger charge is -2.21. The van der Waals surface area contributed by atoms with Gasteiger partial charge in [0, 0.05) is 13.0 Å². The van der Waals surface area contributed by atoms with E-state index in [0.717, 1.165) is 11.3 Å². The predicted molar refractivity (Wildman–Crippen MR) is 117 cm³/mol. The van der Waals surface area contributed by atoms with Gasteiger partial charge in [-0.15, -0.1) is 0 Å². The number of benzene rings is 1. The normalized spacial score (nSPS) is 17.3. The number of nitrogens with one attached hydrogen (secondary N) is 1. The number of methoxy groups -OCH3 is 1. The van der Waals surface area contributed by atoms with E-state index in [4.69, 9.17) is 17.0 Å². The molecule has 0 aliphatic carbocycles. The van der Waals surface area contributed by atoms with Gasteiger partial charge >= 0.3 is 5.97 Å². The third-order valence-electron chi connectivity index (χ3n) is 4.65. The molecule has 1 aromatic rings. The van der Waals surface area contributed by atoms with Crippen molar-refractivity contribution in [3.8, 4) is 5.75 Å². The minimum absolute atomic E-state index is 0.0253. The highest BCUT2D eigenvalue weighted by molar-refractivity contribution is 8.26. The molecule has 2 unspecified atom stereocenters. The van der Waals surface area contributed by atoms with E-state index >= 15 is 0 Å². The molecular weight excluding hydrogens is 412 g/mol. The van der Waals surface area contributed by atoms with Crippen LogP contribution >= 0.6 is 24.0 Å². The molecular formula is C20H24N2O5S2. The van der Waals surface area contributed by atoms with E-state index in [9.17, 15) is 19.5 Å². The number of nitrogens with zero attached hydrogens (tertiary/aromatic N) is 1. The van der Waals surface area contributed by atoms with Crippen molar-refractivity contribution < 1.29 is 24.2 Å². The average molecular weight is 437 g/mol. The fraction of sp³-hybridized carbons (Fsp3) is 0.400. The van der Waals surface area contributed by atoms with Gasteiger partial charge in [0.1, 0.15) is 16.1 Å². The molecule has 1 aliphatic rings. The summed E-state index contributed by atoms with van der Waals surface area (Å²) < 4.78 is 5.49. The van der Waals surface area contributed by atoms with Crippen molar-refractivity contribution in [2.45, 2.75) is 32.7 Å². The van der Waals surface area contributed by atoms with Crippen LogP contribution in [0.15, 0.2) is 29.2 Å². The summed E-state index contributed by atoms with van der Waals surface area (Å²) in [6, 6.07) is 6.31. The Kier molecular flexibility index (Phi) is 8.21. The fourth-order valence-corrected chi connectivity index (χ4v) is 3.99. The molecule has 156 valence electrons. The van der Waals surface area contributed by atoms with E-state index < -0.39 is 17.9 Å². The van der Waals surface area contributed by atoms with Crippen LogP contribution in [0.5, 0.6) is 5.75 Å². The van der Waals surface area contributed by atoms with E-state index in [-0.39, 0.29) is 24.8 Å². The van der Waals surface area contributed by atoms with Crippen LogP contribution in [-0.4, -0.2) is 51.8 Å². The van der Waals surface area contributed by atoms with E-state index in [1.54, 1.807) is 32.2 Å². The molecule has 0 aromatic heterocycles. The quantitative estimate of drug-likeness (QED) is 0.454. The lowest BCUT2D eigenvalue weighted by atomic mass is 9.99. The number of rotatable bonds is 9. The van der Waals surface area contributed by atoms with Crippen molar-refractivity contribution in [2.24, 2.45) is 5.92 Å². The van der Waals surface area contributed by atoms with Gasteiger partial charge in [0.15, 0.2) is 0 Å². The minimum atomic E-state index is -1.07. The Morgan fingerprint density at radius 1 is 1.34 bits per heavy atom. The van der Waals surface area contributed by atoms with Crippen LogP contribution < -0.4 is 10.1 Å². The number of hydrogen-bond donors (Lipinski definition) is 2. The average Bonchev–Trinajstić information content (AvgIpc) is 2.97. The highest BCUT2D eigenvalue weighted by Crippen LogP contribution is 2.32. The molecule has 7 nitrogen and oxygen atoms in total. The Labute approximate surface area is 179 Å².